The van der Waals surface area contributed by atoms with Gasteiger partial charge >= 0.3 is 0 Å². The van der Waals surface area contributed by atoms with E-state index in [0.29, 0.717) is 23.5 Å². The van der Waals surface area contributed by atoms with Crippen LogP contribution in [0.5, 0.6) is 5.75 Å². The van der Waals surface area contributed by atoms with E-state index in [9.17, 15) is 9.59 Å². The van der Waals surface area contributed by atoms with Gasteiger partial charge in [-0.3, -0.25) is 9.59 Å². The Balaban J connectivity index is 1.25. The molecule has 0 bridgehead atoms. The summed E-state index contributed by atoms with van der Waals surface area (Å²) in [6.45, 7) is 0.562. The largest absolute Gasteiger partial charge is 0.482 e. The van der Waals surface area contributed by atoms with Crippen molar-refractivity contribution in [2.45, 2.75) is 6.54 Å². The van der Waals surface area contributed by atoms with Crippen molar-refractivity contribution in [3.63, 3.8) is 0 Å². The van der Waals surface area contributed by atoms with Crippen molar-refractivity contribution >= 4 is 39.8 Å². The number of aromatic amines is 1. The van der Waals surface area contributed by atoms with E-state index in [1.54, 1.807) is 12.1 Å². The highest BCUT2D eigenvalue weighted by Gasteiger charge is 2.16. The quantitative estimate of drug-likeness (QED) is 0.392. The molecule has 0 fully saturated rings. The topological polar surface area (TPSA) is 95.2 Å². The van der Waals surface area contributed by atoms with Gasteiger partial charge in [0.2, 0.25) is 0 Å². The maximum absolute atomic E-state index is 12.7. The predicted molar refractivity (Wildman–Crippen MR) is 121 cm³/mol. The summed E-state index contributed by atoms with van der Waals surface area (Å²) in [5, 5.41) is 10.1. The summed E-state index contributed by atoms with van der Waals surface area (Å²) in [5.74, 6) is 0.322. The van der Waals surface area contributed by atoms with Crippen molar-refractivity contribution in [2.75, 3.05) is 22.6 Å². The summed E-state index contributed by atoms with van der Waals surface area (Å²) < 4.78 is 5.45. The molecule has 1 aromatic heterocycles. The zero-order chi connectivity index (χ0) is 21.2. The number of anilines is 3. The molecule has 0 aliphatic carbocycles. The van der Waals surface area contributed by atoms with Crippen LogP contribution in [0.25, 0.3) is 10.9 Å². The monoisotopic (exact) mass is 412 g/mol. The summed E-state index contributed by atoms with van der Waals surface area (Å²) in [7, 11) is 0. The number of amides is 2. The molecular weight excluding hydrogens is 392 g/mol. The molecule has 1 aliphatic heterocycles. The number of benzene rings is 3. The van der Waals surface area contributed by atoms with Crippen molar-refractivity contribution in [1.82, 2.24) is 4.98 Å². The van der Waals surface area contributed by atoms with E-state index in [4.69, 9.17) is 4.74 Å². The number of fused-ring (bicyclic) bond motifs is 2. The number of rotatable bonds is 5. The lowest BCUT2D eigenvalue weighted by Crippen LogP contribution is -2.25. The highest BCUT2D eigenvalue weighted by atomic mass is 16.5. The van der Waals surface area contributed by atoms with E-state index >= 15 is 0 Å². The first kappa shape index (κ1) is 18.7. The fourth-order valence-corrected chi connectivity index (χ4v) is 3.55. The number of hydrogen-bond acceptors (Lipinski definition) is 4. The second kappa shape index (κ2) is 7.87. The molecule has 3 aromatic carbocycles. The SMILES string of the molecule is O=C1COc2cc(NCc3cccc(C(=O)Nc4ccc5[nH]ccc5c4)c3)ccc2N1. The van der Waals surface area contributed by atoms with Gasteiger partial charge in [-0.25, -0.2) is 0 Å². The Kier molecular flexibility index (Phi) is 4.76. The number of hydrogen-bond donors (Lipinski definition) is 4. The lowest BCUT2D eigenvalue weighted by atomic mass is 10.1. The first-order chi connectivity index (χ1) is 15.1. The van der Waals surface area contributed by atoms with Crippen LogP contribution in [0.1, 0.15) is 15.9 Å². The normalized spacial score (nSPS) is 12.6. The van der Waals surface area contributed by atoms with Crippen molar-refractivity contribution in [1.29, 1.82) is 0 Å². The number of carbonyl (C=O) groups is 2. The van der Waals surface area contributed by atoms with Crippen LogP contribution >= 0.6 is 0 Å². The second-order valence-electron chi connectivity index (χ2n) is 7.34. The third-order valence-electron chi connectivity index (χ3n) is 5.11. The Morgan fingerprint density at radius 1 is 1.00 bits per heavy atom. The molecule has 2 heterocycles. The van der Waals surface area contributed by atoms with Crippen LogP contribution in [0.4, 0.5) is 17.1 Å². The molecule has 1 aliphatic rings. The van der Waals surface area contributed by atoms with E-state index in [2.05, 4.69) is 20.9 Å². The molecule has 7 heteroatoms. The Morgan fingerprint density at radius 2 is 1.90 bits per heavy atom. The third-order valence-corrected chi connectivity index (χ3v) is 5.11. The molecule has 0 radical (unpaired) electrons. The Morgan fingerprint density at radius 3 is 2.84 bits per heavy atom. The van der Waals surface area contributed by atoms with Crippen molar-refractivity contribution < 1.29 is 14.3 Å². The van der Waals surface area contributed by atoms with Crippen LogP contribution in [0.15, 0.2) is 72.9 Å². The lowest BCUT2D eigenvalue weighted by Gasteiger charge is -2.19. The fraction of sp³-hybridized carbons (Fsp3) is 0.0833. The Bertz CT molecular complexity index is 1290. The summed E-state index contributed by atoms with van der Waals surface area (Å²) in [6, 6.07) is 20.8. The molecule has 4 N–H and O–H groups in total. The number of nitrogens with one attached hydrogen (secondary N) is 4. The minimum atomic E-state index is -0.158. The summed E-state index contributed by atoms with van der Waals surface area (Å²) >= 11 is 0. The van der Waals surface area contributed by atoms with Gasteiger partial charge in [-0.05, 0) is 54.1 Å². The van der Waals surface area contributed by atoms with Crippen LogP contribution in [-0.4, -0.2) is 23.4 Å². The number of H-pyrrole nitrogens is 1. The number of carbonyl (C=O) groups excluding carboxylic acids is 2. The molecule has 0 spiro atoms. The molecule has 0 saturated carbocycles. The average Bonchev–Trinajstić information content (AvgIpc) is 3.26. The third kappa shape index (κ3) is 4.06. The number of aromatic nitrogens is 1. The average molecular weight is 412 g/mol. The van der Waals surface area contributed by atoms with Gasteiger partial charge in [0.15, 0.2) is 6.61 Å². The first-order valence-corrected chi connectivity index (χ1v) is 9.92. The summed E-state index contributed by atoms with van der Waals surface area (Å²) in [5.41, 5.74) is 4.87. The number of ether oxygens (including phenoxy) is 1. The van der Waals surface area contributed by atoms with Crippen LogP contribution < -0.4 is 20.7 Å². The smallest absolute Gasteiger partial charge is 0.262 e. The first-order valence-electron chi connectivity index (χ1n) is 9.92. The van der Waals surface area contributed by atoms with Crippen LogP contribution in [0, 0.1) is 0 Å². The molecule has 0 atom stereocenters. The Hall–Kier alpha value is -4.26. The molecule has 0 unspecified atom stereocenters. The maximum atomic E-state index is 12.7. The van der Waals surface area contributed by atoms with Crippen LogP contribution in [0.3, 0.4) is 0 Å². The minimum absolute atomic E-state index is 0.0185. The van der Waals surface area contributed by atoms with Gasteiger partial charge in [0.25, 0.3) is 11.8 Å². The summed E-state index contributed by atoms with van der Waals surface area (Å²) in [6.07, 6.45) is 1.87. The van der Waals surface area contributed by atoms with Gasteiger partial charge < -0.3 is 25.7 Å². The van der Waals surface area contributed by atoms with Crippen molar-refractivity contribution in [3.05, 3.63) is 84.1 Å². The molecule has 7 nitrogen and oxygen atoms in total. The van der Waals surface area contributed by atoms with Gasteiger partial charge in [0.1, 0.15) is 5.75 Å². The molecule has 0 saturated heterocycles. The van der Waals surface area contributed by atoms with E-state index < -0.39 is 0 Å². The van der Waals surface area contributed by atoms with Gasteiger partial charge in [0, 0.05) is 46.6 Å². The predicted octanol–water partition coefficient (Wildman–Crippen LogP) is 4.36. The van der Waals surface area contributed by atoms with Crippen LogP contribution in [0.2, 0.25) is 0 Å². The highest BCUT2D eigenvalue weighted by Crippen LogP contribution is 2.30. The lowest BCUT2D eigenvalue weighted by molar-refractivity contribution is -0.118. The van der Waals surface area contributed by atoms with Gasteiger partial charge in [0.05, 0.1) is 5.69 Å². The summed E-state index contributed by atoms with van der Waals surface area (Å²) in [4.78, 5) is 27.2. The van der Waals surface area contributed by atoms with E-state index in [1.807, 2.05) is 60.8 Å². The van der Waals surface area contributed by atoms with Crippen LogP contribution in [-0.2, 0) is 11.3 Å². The second-order valence-corrected chi connectivity index (χ2v) is 7.34. The molecule has 2 amide bonds. The zero-order valence-corrected chi connectivity index (χ0v) is 16.6. The molecule has 154 valence electrons. The van der Waals surface area contributed by atoms with Crippen molar-refractivity contribution in [3.8, 4) is 5.75 Å². The van der Waals surface area contributed by atoms with Crippen molar-refractivity contribution in [2.24, 2.45) is 0 Å². The van der Waals surface area contributed by atoms with E-state index in [0.717, 1.165) is 27.8 Å². The van der Waals surface area contributed by atoms with Gasteiger partial charge in [-0.1, -0.05) is 12.1 Å². The molecule has 31 heavy (non-hydrogen) atoms. The maximum Gasteiger partial charge on any atom is 0.262 e. The minimum Gasteiger partial charge on any atom is -0.482 e. The highest BCUT2D eigenvalue weighted by molar-refractivity contribution is 6.05. The standard InChI is InChI=1S/C24H20N4O3/c29-23-14-31-22-12-18(4-7-21(22)28-23)26-13-15-2-1-3-17(10-15)24(30)27-19-5-6-20-16(11-19)8-9-25-20/h1-12,25-26H,13-14H2,(H,27,30)(H,28,29). The zero-order valence-electron chi connectivity index (χ0n) is 16.6. The van der Waals surface area contributed by atoms with E-state index in [-0.39, 0.29) is 18.4 Å². The fourth-order valence-electron chi connectivity index (χ4n) is 3.55. The van der Waals surface area contributed by atoms with Gasteiger partial charge in [-0.2, -0.15) is 0 Å². The molecule has 4 aromatic rings. The molecular formula is C24H20N4O3. The van der Waals surface area contributed by atoms with E-state index in [1.165, 1.54) is 0 Å². The Labute approximate surface area is 178 Å². The molecule has 5 rings (SSSR count). The van der Waals surface area contributed by atoms with Gasteiger partial charge in [-0.15, -0.1) is 0 Å².